The summed E-state index contributed by atoms with van der Waals surface area (Å²) in [7, 11) is 0. The number of halogens is 3. The van der Waals surface area contributed by atoms with Gasteiger partial charge in [-0.1, -0.05) is 5.16 Å². The minimum absolute atomic E-state index is 0.0486. The third-order valence-electron chi connectivity index (χ3n) is 2.71. The van der Waals surface area contributed by atoms with E-state index < -0.39 is 17.8 Å². The highest BCUT2D eigenvalue weighted by Crippen LogP contribution is 2.30. The third kappa shape index (κ3) is 4.87. The monoisotopic (exact) mass is 326 g/mol. The maximum absolute atomic E-state index is 12.4. The standard InChI is InChI=1S/C15H13F3N2O3/c1-10(8-20-21)22-12-3-5-13(6-4-12)23-14-7-2-11(9-19-14)15(16,17)18/h2-10,21H,1H3/b20-8-. The van der Waals surface area contributed by atoms with Gasteiger partial charge in [0.2, 0.25) is 5.88 Å². The molecule has 0 amide bonds. The first-order chi connectivity index (χ1) is 10.9. The lowest BCUT2D eigenvalue weighted by atomic mass is 10.3. The van der Waals surface area contributed by atoms with Crippen LogP contribution in [0.2, 0.25) is 0 Å². The normalized spacial score (nSPS) is 13.0. The van der Waals surface area contributed by atoms with E-state index in [9.17, 15) is 13.2 Å². The maximum Gasteiger partial charge on any atom is 0.417 e. The van der Waals surface area contributed by atoms with E-state index in [1.165, 1.54) is 6.21 Å². The summed E-state index contributed by atoms with van der Waals surface area (Å²) in [6, 6.07) is 8.43. The van der Waals surface area contributed by atoms with Crippen LogP contribution in [-0.2, 0) is 6.18 Å². The zero-order valence-corrected chi connectivity index (χ0v) is 12.0. The lowest BCUT2D eigenvalue weighted by Gasteiger charge is -2.11. The first kappa shape index (κ1) is 16.6. The quantitative estimate of drug-likeness (QED) is 0.510. The van der Waals surface area contributed by atoms with E-state index in [0.717, 1.165) is 12.1 Å². The molecule has 1 aromatic heterocycles. The van der Waals surface area contributed by atoms with Crippen LogP contribution in [0.3, 0.4) is 0 Å². The van der Waals surface area contributed by atoms with Crippen LogP contribution in [0.5, 0.6) is 17.4 Å². The molecule has 0 fully saturated rings. The Morgan fingerprint density at radius 1 is 1.13 bits per heavy atom. The van der Waals surface area contributed by atoms with E-state index in [-0.39, 0.29) is 5.88 Å². The van der Waals surface area contributed by atoms with Crippen LogP contribution in [0.15, 0.2) is 47.8 Å². The summed E-state index contributed by atoms with van der Waals surface area (Å²) >= 11 is 0. The van der Waals surface area contributed by atoms with Gasteiger partial charge in [0.15, 0.2) is 0 Å². The van der Waals surface area contributed by atoms with Gasteiger partial charge in [-0.25, -0.2) is 4.98 Å². The van der Waals surface area contributed by atoms with Crippen LogP contribution in [0.4, 0.5) is 13.2 Å². The summed E-state index contributed by atoms with van der Waals surface area (Å²) in [5, 5.41) is 11.3. The predicted octanol–water partition coefficient (Wildman–Crippen LogP) is 4.12. The second-order valence-electron chi connectivity index (χ2n) is 4.54. The number of aromatic nitrogens is 1. The molecule has 2 rings (SSSR count). The molecule has 23 heavy (non-hydrogen) atoms. The van der Waals surface area contributed by atoms with Crippen molar-refractivity contribution in [1.29, 1.82) is 0 Å². The minimum Gasteiger partial charge on any atom is -0.485 e. The van der Waals surface area contributed by atoms with Gasteiger partial charge in [-0.3, -0.25) is 0 Å². The van der Waals surface area contributed by atoms with Crippen molar-refractivity contribution < 1.29 is 27.9 Å². The van der Waals surface area contributed by atoms with E-state index in [4.69, 9.17) is 14.7 Å². The Morgan fingerprint density at radius 3 is 2.30 bits per heavy atom. The average Bonchev–Trinajstić information content (AvgIpc) is 2.49. The number of oxime groups is 1. The molecule has 122 valence electrons. The SMILES string of the molecule is CC(/C=N\O)Oc1ccc(Oc2ccc(C(F)(F)F)cn2)cc1. The van der Waals surface area contributed by atoms with Gasteiger partial charge in [-0.2, -0.15) is 13.2 Å². The molecule has 0 bridgehead atoms. The van der Waals surface area contributed by atoms with Crippen LogP contribution in [0.25, 0.3) is 0 Å². The van der Waals surface area contributed by atoms with Gasteiger partial charge in [-0.05, 0) is 37.3 Å². The third-order valence-corrected chi connectivity index (χ3v) is 2.71. The van der Waals surface area contributed by atoms with Gasteiger partial charge in [0.05, 0.1) is 11.8 Å². The molecule has 1 N–H and O–H groups in total. The van der Waals surface area contributed by atoms with Crippen molar-refractivity contribution in [2.24, 2.45) is 5.16 Å². The maximum atomic E-state index is 12.4. The Balaban J connectivity index is 2.01. The molecule has 1 heterocycles. The second-order valence-corrected chi connectivity index (χ2v) is 4.54. The number of rotatable bonds is 5. The van der Waals surface area contributed by atoms with Crippen LogP contribution >= 0.6 is 0 Å². The van der Waals surface area contributed by atoms with Crippen molar-refractivity contribution in [2.45, 2.75) is 19.2 Å². The number of alkyl halides is 3. The lowest BCUT2D eigenvalue weighted by molar-refractivity contribution is -0.137. The first-order valence-corrected chi connectivity index (χ1v) is 6.54. The fraction of sp³-hybridized carbons (Fsp3) is 0.200. The summed E-state index contributed by atoms with van der Waals surface area (Å²) in [5.74, 6) is 0.964. The molecule has 0 saturated carbocycles. The Hall–Kier alpha value is -2.77. The molecule has 0 aliphatic carbocycles. The van der Waals surface area contributed by atoms with E-state index in [0.29, 0.717) is 17.7 Å². The number of ether oxygens (including phenoxy) is 2. The van der Waals surface area contributed by atoms with Gasteiger partial charge in [0, 0.05) is 12.3 Å². The highest BCUT2D eigenvalue weighted by Gasteiger charge is 2.30. The Labute approximate surface area is 130 Å². The van der Waals surface area contributed by atoms with Crippen molar-refractivity contribution in [2.75, 3.05) is 0 Å². The minimum atomic E-state index is -4.43. The van der Waals surface area contributed by atoms with Crippen LogP contribution < -0.4 is 9.47 Å². The fourth-order valence-electron chi connectivity index (χ4n) is 1.65. The zero-order chi connectivity index (χ0) is 16.9. The van der Waals surface area contributed by atoms with Crippen molar-refractivity contribution >= 4 is 6.21 Å². The van der Waals surface area contributed by atoms with Crippen molar-refractivity contribution in [3.8, 4) is 17.4 Å². The highest BCUT2D eigenvalue weighted by molar-refractivity contribution is 5.62. The molecular formula is C15H13F3N2O3. The number of pyridine rings is 1. The Bertz CT molecular complexity index is 655. The molecule has 0 saturated heterocycles. The van der Waals surface area contributed by atoms with E-state index in [2.05, 4.69) is 10.1 Å². The van der Waals surface area contributed by atoms with E-state index >= 15 is 0 Å². The summed E-state index contributed by atoms with van der Waals surface area (Å²) in [6.07, 6.45) is -2.92. The van der Waals surface area contributed by atoms with E-state index in [1.54, 1.807) is 31.2 Å². The van der Waals surface area contributed by atoms with Crippen molar-refractivity contribution in [1.82, 2.24) is 4.98 Å². The van der Waals surface area contributed by atoms with Crippen LogP contribution in [0.1, 0.15) is 12.5 Å². The molecule has 8 heteroatoms. The first-order valence-electron chi connectivity index (χ1n) is 6.54. The van der Waals surface area contributed by atoms with Crippen molar-refractivity contribution in [3.63, 3.8) is 0 Å². The van der Waals surface area contributed by atoms with Gasteiger partial charge < -0.3 is 14.7 Å². The molecule has 0 spiro atoms. The molecule has 1 unspecified atom stereocenters. The number of hydrogen-bond donors (Lipinski definition) is 1. The van der Waals surface area contributed by atoms with Gasteiger partial charge in [0.1, 0.15) is 17.6 Å². The smallest absolute Gasteiger partial charge is 0.417 e. The van der Waals surface area contributed by atoms with Gasteiger partial charge >= 0.3 is 6.18 Å². The summed E-state index contributed by atoms with van der Waals surface area (Å²) in [4.78, 5) is 3.62. The molecule has 1 aromatic carbocycles. The molecule has 5 nitrogen and oxygen atoms in total. The molecule has 0 radical (unpaired) electrons. The Kier molecular flexibility index (Phi) is 5.05. The Morgan fingerprint density at radius 2 is 1.78 bits per heavy atom. The zero-order valence-electron chi connectivity index (χ0n) is 12.0. The summed E-state index contributed by atoms with van der Waals surface area (Å²) < 4.78 is 48.1. The summed E-state index contributed by atoms with van der Waals surface area (Å²) in [5.41, 5.74) is -0.840. The average molecular weight is 326 g/mol. The topological polar surface area (TPSA) is 63.9 Å². The number of nitrogens with zero attached hydrogens (tertiary/aromatic N) is 2. The van der Waals surface area contributed by atoms with Crippen LogP contribution in [-0.4, -0.2) is 22.5 Å². The number of hydrogen-bond acceptors (Lipinski definition) is 5. The molecular weight excluding hydrogens is 313 g/mol. The largest absolute Gasteiger partial charge is 0.485 e. The van der Waals surface area contributed by atoms with Crippen LogP contribution in [0, 0.1) is 0 Å². The van der Waals surface area contributed by atoms with E-state index in [1.807, 2.05) is 0 Å². The lowest BCUT2D eigenvalue weighted by Crippen LogP contribution is -2.12. The molecule has 2 aromatic rings. The number of benzene rings is 1. The fourth-order valence-corrected chi connectivity index (χ4v) is 1.65. The summed E-state index contributed by atoms with van der Waals surface area (Å²) in [6.45, 7) is 1.69. The predicted molar refractivity (Wildman–Crippen MR) is 76.1 cm³/mol. The second kappa shape index (κ2) is 6.99. The molecule has 0 aliphatic rings. The molecule has 0 aliphatic heterocycles. The molecule has 1 atom stereocenters. The highest BCUT2D eigenvalue weighted by atomic mass is 19.4. The van der Waals surface area contributed by atoms with Gasteiger partial charge in [-0.15, -0.1) is 0 Å². The van der Waals surface area contributed by atoms with Crippen molar-refractivity contribution in [3.05, 3.63) is 48.2 Å². The van der Waals surface area contributed by atoms with Gasteiger partial charge in [0.25, 0.3) is 0 Å².